The largest absolute Gasteiger partial charge is 0.619 e. The minimum atomic E-state index is -4.30. The molecule has 110 valence electrons. The number of alkyl halides is 3. The van der Waals surface area contributed by atoms with Gasteiger partial charge >= 0.3 is 6.18 Å². The number of amides is 1. The highest BCUT2D eigenvalue weighted by atomic mass is 19.4. The number of nitrogens with zero attached hydrogens (tertiary/aromatic N) is 1. The monoisotopic (exact) mass is 288 g/mol. The van der Waals surface area contributed by atoms with Crippen molar-refractivity contribution in [3.8, 4) is 0 Å². The molecule has 1 aliphatic carbocycles. The van der Waals surface area contributed by atoms with Crippen molar-refractivity contribution in [1.82, 2.24) is 5.32 Å². The number of rotatable bonds is 2. The summed E-state index contributed by atoms with van der Waals surface area (Å²) in [6.45, 7) is 0. The second-order valence-electron chi connectivity index (χ2n) is 4.96. The Labute approximate surface area is 114 Å². The third-order valence-corrected chi connectivity index (χ3v) is 3.57. The van der Waals surface area contributed by atoms with E-state index in [9.17, 15) is 23.2 Å². The van der Waals surface area contributed by atoms with Crippen LogP contribution in [0.25, 0.3) is 0 Å². The molecule has 1 amide bonds. The quantitative estimate of drug-likeness (QED) is 0.670. The molecule has 20 heavy (non-hydrogen) atoms. The van der Waals surface area contributed by atoms with Gasteiger partial charge in [-0.05, 0) is 12.8 Å². The number of pyridine rings is 1. The molecule has 2 atom stereocenters. The summed E-state index contributed by atoms with van der Waals surface area (Å²) in [6, 6.07) is 1.68. The van der Waals surface area contributed by atoms with Crippen LogP contribution in [0, 0.1) is 11.1 Å². The third-order valence-electron chi connectivity index (χ3n) is 3.57. The number of aromatic nitrogens is 1. The lowest BCUT2D eigenvalue weighted by Gasteiger charge is -2.33. The number of nitrogens with one attached hydrogen (secondary N) is 1. The average molecular weight is 288 g/mol. The number of carbonyl (C=O) groups excluding carboxylic acids is 1. The highest BCUT2D eigenvalue weighted by molar-refractivity contribution is 5.94. The van der Waals surface area contributed by atoms with E-state index in [4.69, 9.17) is 0 Å². The van der Waals surface area contributed by atoms with Crippen molar-refractivity contribution in [2.45, 2.75) is 37.9 Å². The summed E-state index contributed by atoms with van der Waals surface area (Å²) in [7, 11) is 0. The van der Waals surface area contributed by atoms with Crippen LogP contribution in [-0.4, -0.2) is 18.1 Å². The van der Waals surface area contributed by atoms with Crippen molar-refractivity contribution < 1.29 is 22.7 Å². The van der Waals surface area contributed by atoms with Crippen LogP contribution >= 0.6 is 0 Å². The number of hydrogen-bond donors (Lipinski definition) is 1. The second kappa shape index (κ2) is 5.68. The van der Waals surface area contributed by atoms with Gasteiger partial charge in [-0.15, -0.1) is 0 Å². The van der Waals surface area contributed by atoms with E-state index in [1.807, 2.05) is 0 Å². The summed E-state index contributed by atoms with van der Waals surface area (Å²) in [5.74, 6) is -2.07. The van der Waals surface area contributed by atoms with Gasteiger partial charge in [-0.3, -0.25) is 4.79 Å². The summed E-state index contributed by atoms with van der Waals surface area (Å²) in [6.07, 6.45) is -0.458. The molecule has 2 rings (SSSR count). The molecule has 1 heterocycles. The molecule has 0 bridgehead atoms. The Morgan fingerprint density at radius 2 is 1.85 bits per heavy atom. The highest BCUT2D eigenvalue weighted by Gasteiger charge is 2.45. The maximum Gasteiger partial charge on any atom is 0.393 e. The van der Waals surface area contributed by atoms with E-state index < -0.39 is 24.0 Å². The van der Waals surface area contributed by atoms with Gasteiger partial charge in [0.25, 0.3) is 5.91 Å². The maximum absolute atomic E-state index is 12.9. The SMILES string of the molecule is O=C(NC1CCCCC1C(F)(F)F)c1cc[n+]([O-])cc1. The lowest BCUT2D eigenvalue weighted by atomic mass is 9.84. The minimum absolute atomic E-state index is 0.0454. The fourth-order valence-corrected chi connectivity index (χ4v) is 2.51. The molecule has 0 spiro atoms. The first-order chi connectivity index (χ1) is 9.38. The molecular formula is C13H15F3N2O2. The van der Waals surface area contributed by atoms with Gasteiger partial charge in [0.1, 0.15) is 0 Å². The fourth-order valence-electron chi connectivity index (χ4n) is 2.51. The standard InChI is InChI=1S/C13H15F3N2O2/c14-13(15,16)10-3-1-2-4-11(10)17-12(19)9-5-7-18(20)8-6-9/h5-8,10-11H,1-4H2,(H,17,19). The van der Waals surface area contributed by atoms with Crippen LogP contribution in [0.4, 0.5) is 13.2 Å². The normalized spacial score (nSPS) is 23.4. The molecule has 1 aromatic rings. The second-order valence-corrected chi connectivity index (χ2v) is 4.96. The first-order valence-corrected chi connectivity index (χ1v) is 6.44. The number of carbonyl (C=O) groups is 1. The Morgan fingerprint density at radius 1 is 1.25 bits per heavy atom. The van der Waals surface area contributed by atoms with Crippen LogP contribution in [0.2, 0.25) is 0 Å². The molecule has 1 aliphatic rings. The van der Waals surface area contributed by atoms with E-state index in [0.717, 1.165) is 12.4 Å². The molecule has 7 heteroatoms. The molecule has 0 aliphatic heterocycles. The predicted molar refractivity (Wildman–Crippen MR) is 64.7 cm³/mol. The molecule has 1 aromatic heterocycles. The van der Waals surface area contributed by atoms with Crippen LogP contribution in [0.5, 0.6) is 0 Å². The molecular weight excluding hydrogens is 273 g/mol. The van der Waals surface area contributed by atoms with Gasteiger partial charge in [0.2, 0.25) is 0 Å². The van der Waals surface area contributed by atoms with Crippen LogP contribution < -0.4 is 10.0 Å². The zero-order valence-corrected chi connectivity index (χ0v) is 10.7. The third kappa shape index (κ3) is 3.40. The zero-order valence-electron chi connectivity index (χ0n) is 10.7. The van der Waals surface area contributed by atoms with E-state index in [2.05, 4.69) is 5.32 Å². The molecule has 4 nitrogen and oxygen atoms in total. The molecule has 0 saturated heterocycles. The van der Waals surface area contributed by atoms with Gasteiger partial charge in [-0.1, -0.05) is 12.8 Å². The van der Waals surface area contributed by atoms with E-state index >= 15 is 0 Å². The van der Waals surface area contributed by atoms with Crippen molar-refractivity contribution in [2.24, 2.45) is 5.92 Å². The summed E-state index contributed by atoms with van der Waals surface area (Å²) < 4.78 is 39.2. The van der Waals surface area contributed by atoms with Gasteiger partial charge in [0.15, 0.2) is 12.4 Å². The average Bonchev–Trinajstić information content (AvgIpc) is 2.38. The Balaban J connectivity index is 2.07. The van der Waals surface area contributed by atoms with Crippen LogP contribution in [0.3, 0.4) is 0 Å². The van der Waals surface area contributed by atoms with Crippen molar-refractivity contribution in [3.63, 3.8) is 0 Å². The fraction of sp³-hybridized carbons (Fsp3) is 0.538. The molecule has 2 unspecified atom stereocenters. The Morgan fingerprint density at radius 3 is 2.45 bits per heavy atom. The molecule has 0 radical (unpaired) electrons. The van der Waals surface area contributed by atoms with Crippen molar-refractivity contribution in [3.05, 3.63) is 35.3 Å². The zero-order chi connectivity index (χ0) is 14.8. The number of hydrogen-bond acceptors (Lipinski definition) is 2. The Kier molecular flexibility index (Phi) is 4.15. The molecule has 1 saturated carbocycles. The molecule has 1 N–H and O–H groups in total. The Hall–Kier alpha value is -1.79. The van der Waals surface area contributed by atoms with E-state index in [1.165, 1.54) is 12.1 Å². The number of halogens is 3. The van der Waals surface area contributed by atoms with Crippen molar-refractivity contribution >= 4 is 5.91 Å². The summed E-state index contributed by atoms with van der Waals surface area (Å²) in [5.41, 5.74) is 0.184. The highest BCUT2D eigenvalue weighted by Crippen LogP contribution is 2.37. The minimum Gasteiger partial charge on any atom is -0.619 e. The lowest BCUT2D eigenvalue weighted by molar-refractivity contribution is -0.605. The summed E-state index contributed by atoms with van der Waals surface area (Å²) >= 11 is 0. The molecule has 1 fully saturated rings. The van der Waals surface area contributed by atoms with Crippen molar-refractivity contribution in [2.75, 3.05) is 0 Å². The van der Waals surface area contributed by atoms with Crippen LogP contribution in [-0.2, 0) is 0 Å². The predicted octanol–water partition coefficient (Wildman–Crippen LogP) is 2.17. The smallest absolute Gasteiger partial charge is 0.393 e. The Bertz CT molecular complexity index is 473. The van der Waals surface area contributed by atoms with Gasteiger partial charge in [0.05, 0.1) is 11.5 Å². The van der Waals surface area contributed by atoms with Crippen molar-refractivity contribution in [1.29, 1.82) is 0 Å². The maximum atomic E-state index is 12.9. The first-order valence-electron chi connectivity index (χ1n) is 6.44. The van der Waals surface area contributed by atoms with E-state index in [1.54, 1.807) is 0 Å². The van der Waals surface area contributed by atoms with Gasteiger partial charge < -0.3 is 10.5 Å². The van der Waals surface area contributed by atoms with Gasteiger partial charge in [-0.2, -0.15) is 17.9 Å². The van der Waals surface area contributed by atoms with Gasteiger partial charge in [0, 0.05) is 18.2 Å². The topological polar surface area (TPSA) is 56.0 Å². The van der Waals surface area contributed by atoms with Crippen LogP contribution in [0.1, 0.15) is 36.0 Å². The van der Waals surface area contributed by atoms with Crippen LogP contribution in [0.15, 0.2) is 24.5 Å². The summed E-state index contributed by atoms with van der Waals surface area (Å²) in [4.78, 5) is 11.9. The van der Waals surface area contributed by atoms with E-state index in [0.29, 0.717) is 24.0 Å². The summed E-state index contributed by atoms with van der Waals surface area (Å²) in [5, 5.41) is 13.3. The molecule has 0 aromatic carbocycles. The van der Waals surface area contributed by atoms with E-state index in [-0.39, 0.29) is 12.0 Å². The van der Waals surface area contributed by atoms with Gasteiger partial charge in [-0.25, -0.2) is 0 Å². The lowest BCUT2D eigenvalue weighted by Crippen LogP contribution is -2.47. The first kappa shape index (κ1) is 14.6.